The molecular weight excluding hydrogens is 176 g/mol. The Balaban J connectivity index is 2.39. The van der Waals surface area contributed by atoms with Crippen LogP contribution in [0.1, 0.15) is 6.42 Å². The lowest BCUT2D eigenvalue weighted by atomic mass is 10.4. The van der Waals surface area contributed by atoms with Gasteiger partial charge < -0.3 is 20.1 Å². The Morgan fingerprint density at radius 2 is 2.08 bits per heavy atom. The average molecular weight is 188 g/mol. The van der Waals surface area contributed by atoms with Crippen molar-refractivity contribution in [2.24, 2.45) is 5.73 Å². The normalized spacial score (nSPS) is 17.7. The molecule has 0 saturated carbocycles. The average Bonchev–Trinajstić information content (AvgIpc) is 2.29. The predicted octanol–water partition coefficient (Wildman–Crippen LogP) is -0.0760. The van der Waals surface area contributed by atoms with Crippen molar-refractivity contribution < 1.29 is 19.1 Å². The Labute approximate surface area is 75.6 Å². The topological polar surface area (TPSA) is 81.9 Å². The summed E-state index contributed by atoms with van der Waals surface area (Å²) >= 11 is 0. The lowest BCUT2D eigenvalue weighted by molar-refractivity contribution is 0.114. The number of hydrogen-bond acceptors (Lipinski definition) is 4. The quantitative estimate of drug-likeness (QED) is 0.539. The molecule has 1 saturated heterocycles. The van der Waals surface area contributed by atoms with Crippen molar-refractivity contribution in [3.8, 4) is 0 Å². The van der Waals surface area contributed by atoms with Crippen LogP contribution in [0.4, 0.5) is 9.59 Å². The number of carbonyl (C=O) groups excluding carboxylic acids is 2. The Morgan fingerprint density at radius 3 is 2.77 bits per heavy atom. The molecule has 1 heterocycles. The zero-order valence-electron chi connectivity index (χ0n) is 7.19. The Morgan fingerprint density at radius 1 is 1.31 bits per heavy atom. The fourth-order valence-electron chi connectivity index (χ4n) is 1.08. The van der Waals surface area contributed by atoms with Crippen LogP contribution >= 0.6 is 0 Å². The fourth-order valence-corrected chi connectivity index (χ4v) is 1.08. The summed E-state index contributed by atoms with van der Waals surface area (Å²) in [5.74, 6) is 0. The van der Waals surface area contributed by atoms with E-state index in [4.69, 9.17) is 10.5 Å². The maximum absolute atomic E-state index is 11.1. The standard InChI is InChI=1S/C7H12N2O4/c8-6(10)13-7(11)9-2-1-4-12-5-3-9/h1-5H2,(H2,8,10). The van der Waals surface area contributed by atoms with Gasteiger partial charge in [0.1, 0.15) is 0 Å². The van der Waals surface area contributed by atoms with Gasteiger partial charge in [-0.1, -0.05) is 0 Å². The maximum atomic E-state index is 11.1. The summed E-state index contributed by atoms with van der Waals surface area (Å²) in [6, 6.07) is 0. The molecule has 1 fully saturated rings. The van der Waals surface area contributed by atoms with E-state index in [1.165, 1.54) is 4.90 Å². The molecule has 2 N–H and O–H groups in total. The number of primary amides is 1. The molecule has 1 aliphatic heterocycles. The molecule has 74 valence electrons. The second-order valence-corrected chi connectivity index (χ2v) is 2.64. The number of ether oxygens (including phenoxy) is 2. The molecule has 0 bridgehead atoms. The third kappa shape index (κ3) is 3.29. The Bertz CT molecular complexity index is 199. The number of carbonyl (C=O) groups is 2. The van der Waals surface area contributed by atoms with Crippen LogP contribution in [0.3, 0.4) is 0 Å². The molecule has 0 unspecified atom stereocenters. The molecule has 0 aliphatic carbocycles. The van der Waals surface area contributed by atoms with Crippen LogP contribution in [0.15, 0.2) is 0 Å². The summed E-state index contributed by atoms with van der Waals surface area (Å²) in [5.41, 5.74) is 4.70. The van der Waals surface area contributed by atoms with Crippen molar-refractivity contribution in [1.29, 1.82) is 0 Å². The summed E-state index contributed by atoms with van der Waals surface area (Å²) in [5, 5.41) is 0. The molecule has 0 atom stereocenters. The van der Waals surface area contributed by atoms with Gasteiger partial charge >= 0.3 is 12.2 Å². The van der Waals surface area contributed by atoms with E-state index in [1.807, 2.05) is 0 Å². The van der Waals surface area contributed by atoms with Crippen molar-refractivity contribution in [3.63, 3.8) is 0 Å². The predicted molar refractivity (Wildman–Crippen MR) is 43.1 cm³/mol. The highest BCUT2D eigenvalue weighted by Gasteiger charge is 2.18. The van der Waals surface area contributed by atoms with Crippen LogP contribution in [0, 0.1) is 0 Å². The second-order valence-electron chi connectivity index (χ2n) is 2.64. The van der Waals surface area contributed by atoms with Crippen LogP contribution < -0.4 is 5.73 Å². The largest absolute Gasteiger partial charge is 0.418 e. The molecule has 0 spiro atoms. The van der Waals surface area contributed by atoms with Crippen LogP contribution in [-0.4, -0.2) is 43.4 Å². The summed E-state index contributed by atoms with van der Waals surface area (Å²) < 4.78 is 9.33. The van der Waals surface area contributed by atoms with Gasteiger partial charge in [-0.25, -0.2) is 9.59 Å². The van der Waals surface area contributed by atoms with E-state index >= 15 is 0 Å². The second kappa shape index (κ2) is 4.66. The summed E-state index contributed by atoms with van der Waals surface area (Å²) in [4.78, 5) is 22.8. The number of rotatable bonds is 0. The SMILES string of the molecule is NC(=O)OC(=O)N1CCCOCC1. The van der Waals surface area contributed by atoms with Gasteiger partial charge in [-0.3, -0.25) is 0 Å². The highest BCUT2D eigenvalue weighted by Crippen LogP contribution is 2.01. The smallest absolute Gasteiger partial charge is 0.380 e. The van der Waals surface area contributed by atoms with Crippen LogP contribution in [0.25, 0.3) is 0 Å². The molecule has 1 aliphatic rings. The first-order valence-corrected chi connectivity index (χ1v) is 4.04. The van der Waals surface area contributed by atoms with E-state index in [0.29, 0.717) is 26.3 Å². The van der Waals surface area contributed by atoms with E-state index in [9.17, 15) is 9.59 Å². The van der Waals surface area contributed by atoms with Crippen LogP contribution in [0.5, 0.6) is 0 Å². The highest BCUT2D eigenvalue weighted by molar-refractivity contribution is 5.82. The minimum atomic E-state index is -1.07. The van der Waals surface area contributed by atoms with E-state index < -0.39 is 12.2 Å². The first-order chi connectivity index (χ1) is 6.20. The van der Waals surface area contributed by atoms with Gasteiger partial charge in [0.15, 0.2) is 0 Å². The molecule has 0 aromatic rings. The summed E-state index contributed by atoms with van der Waals surface area (Å²) in [7, 11) is 0. The first kappa shape index (κ1) is 9.79. The fraction of sp³-hybridized carbons (Fsp3) is 0.714. The molecule has 0 radical (unpaired) electrons. The minimum absolute atomic E-state index is 0.437. The molecule has 2 amide bonds. The van der Waals surface area contributed by atoms with Gasteiger partial charge in [0.2, 0.25) is 0 Å². The van der Waals surface area contributed by atoms with Crippen molar-refractivity contribution in [3.05, 3.63) is 0 Å². The lowest BCUT2D eigenvalue weighted by Gasteiger charge is -2.16. The molecule has 1 rings (SSSR count). The van der Waals surface area contributed by atoms with Gasteiger partial charge in [-0.15, -0.1) is 0 Å². The summed E-state index contributed by atoms with van der Waals surface area (Å²) in [6.45, 7) is 2.06. The first-order valence-electron chi connectivity index (χ1n) is 4.04. The van der Waals surface area contributed by atoms with Crippen molar-refractivity contribution in [2.75, 3.05) is 26.3 Å². The summed E-state index contributed by atoms with van der Waals surface area (Å²) in [6.07, 6.45) is -1.03. The van der Waals surface area contributed by atoms with Gasteiger partial charge in [0, 0.05) is 19.7 Å². The molecule has 0 aromatic heterocycles. The number of hydrogen-bond donors (Lipinski definition) is 1. The zero-order valence-corrected chi connectivity index (χ0v) is 7.19. The Hall–Kier alpha value is -1.30. The van der Waals surface area contributed by atoms with Gasteiger partial charge in [-0.05, 0) is 6.42 Å². The highest BCUT2D eigenvalue weighted by atomic mass is 16.6. The van der Waals surface area contributed by atoms with Gasteiger partial charge in [0.05, 0.1) is 6.61 Å². The van der Waals surface area contributed by atoms with Crippen molar-refractivity contribution in [1.82, 2.24) is 4.90 Å². The van der Waals surface area contributed by atoms with E-state index in [2.05, 4.69) is 4.74 Å². The van der Waals surface area contributed by atoms with E-state index in [0.717, 1.165) is 6.42 Å². The molecule has 0 aromatic carbocycles. The Kier molecular flexibility index (Phi) is 3.51. The number of nitrogens with zero attached hydrogens (tertiary/aromatic N) is 1. The maximum Gasteiger partial charge on any atom is 0.418 e. The van der Waals surface area contributed by atoms with Crippen molar-refractivity contribution in [2.45, 2.75) is 6.42 Å². The van der Waals surface area contributed by atoms with Crippen LogP contribution in [0.2, 0.25) is 0 Å². The van der Waals surface area contributed by atoms with Crippen LogP contribution in [-0.2, 0) is 9.47 Å². The van der Waals surface area contributed by atoms with E-state index in [1.54, 1.807) is 0 Å². The molecule has 6 heteroatoms. The third-order valence-electron chi connectivity index (χ3n) is 1.67. The lowest BCUT2D eigenvalue weighted by Crippen LogP contribution is -2.36. The van der Waals surface area contributed by atoms with Crippen molar-refractivity contribution >= 4 is 12.2 Å². The number of nitrogens with two attached hydrogens (primary N) is 1. The zero-order chi connectivity index (χ0) is 9.68. The monoisotopic (exact) mass is 188 g/mol. The van der Waals surface area contributed by atoms with Gasteiger partial charge in [0.25, 0.3) is 0 Å². The molecule has 13 heavy (non-hydrogen) atoms. The van der Waals surface area contributed by atoms with E-state index in [-0.39, 0.29) is 0 Å². The molecule has 6 nitrogen and oxygen atoms in total. The van der Waals surface area contributed by atoms with Gasteiger partial charge in [-0.2, -0.15) is 0 Å². The third-order valence-corrected chi connectivity index (χ3v) is 1.67. The molecular formula is C7H12N2O4. The minimum Gasteiger partial charge on any atom is -0.380 e. The number of amides is 2.